The van der Waals surface area contributed by atoms with Gasteiger partial charge in [0, 0.05) is 0 Å². The van der Waals surface area contributed by atoms with E-state index < -0.39 is 13.3 Å². The van der Waals surface area contributed by atoms with E-state index in [0.717, 1.165) is 19.3 Å². The monoisotopic (exact) mass is 284 g/mol. The van der Waals surface area contributed by atoms with Crippen LogP contribution in [0.15, 0.2) is 0 Å². The standard InChI is InChI=1S/C8H19O3P.Sr.2H/c1-3-5-6-7-8(4-2)12(9,10)11;;;/h8H,3-7H2,1-2H3,(H2,9,10,11);;;/q;+2;2*-1. The molecule has 3 nitrogen and oxygen atoms in total. The Kier molecular flexibility index (Phi) is 11.7. The van der Waals surface area contributed by atoms with E-state index in [1.54, 1.807) is 0 Å². The first-order valence-electron chi connectivity index (χ1n) is 4.57. The van der Waals surface area contributed by atoms with Crippen molar-refractivity contribution in [2.45, 2.75) is 51.6 Å². The van der Waals surface area contributed by atoms with Gasteiger partial charge in [-0.05, 0) is 12.8 Å². The zero-order valence-electron chi connectivity index (χ0n) is 10.6. The van der Waals surface area contributed by atoms with Crippen molar-refractivity contribution in [2.75, 3.05) is 0 Å². The van der Waals surface area contributed by atoms with Crippen LogP contribution in [0.1, 0.15) is 48.8 Å². The van der Waals surface area contributed by atoms with Crippen molar-refractivity contribution < 1.29 is 17.2 Å². The van der Waals surface area contributed by atoms with Gasteiger partial charge in [-0.2, -0.15) is 0 Å². The summed E-state index contributed by atoms with van der Waals surface area (Å²) in [6, 6.07) is 0. The van der Waals surface area contributed by atoms with E-state index in [4.69, 9.17) is 9.79 Å². The molecule has 0 heterocycles. The third kappa shape index (κ3) is 8.61. The Bertz CT molecular complexity index is 166. The molecule has 0 aliphatic heterocycles. The molecule has 0 aliphatic carbocycles. The van der Waals surface area contributed by atoms with Crippen LogP contribution < -0.4 is 0 Å². The Morgan fingerprint density at radius 2 is 1.85 bits per heavy atom. The van der Waals surface area contributed by atoms with Gasteiger partial charge in [-0.15, -0.1) is 0 Å². The topological polar surface area (TPSA) is 57.5 Å². The van der Waals surface area contributed by atoms with E-state index in [1.807, 2.05) is 6.92 Å². The fraction of sp³-hybridized carbons (Fsp3) is 1.00. The first-order chi connectivity index (χ1) is 5.52. The first-order valence-corrected chi connectivity index (χ1v) is 6.25. The quantitative estimate of drug-likeness (QED) is 0.447. The second-order valence-electron chi connectivity index (χ2n) is 3.15. The molecule has 0 aliphatic rings. The summed E-state index contributed by atoms with van der Waals surface area (Å²) in [5, 5.41) is 0. The van der Waals surface area contributed by atoms with Gasteiger partial charge in [-0.3, -0.25) is 4.57 Å². The van der Waals surface area contributed by atoms with Crippen LogP contribution in [0.3, 0.4) is 0 Å². The molecule has 2 N–H and O–H groups in total. The first kappa shape index (κ1) is 17.0. The summed E-state index contributed by atoms with van der Waals surface area (Å²) in [5.74, 6) is 0. The van der Waals surface area contributed by atoms with Crippen LogP contribution >= 0.6 is 7.60 Å². The third-order valence-electron chi connectivity index (χ3n) is 2.09. The minimum atomic E-state index is -3.82. The molecular weight excluding hydrogens is 263 g/mol. The molecule has 0 rings (SSSR count). The summed E-state index contributed by atoms with van der Waals surface area (Å²) in [7, 11) is -3.82. The Labute approximate surface area is 121 Å². The van der Waals surface area contributed by atoms with Crippen LogP contribution in [0.4, 0.5) is 0 Å². The molecule has 0 saturated heterocycles. The van der Waals surface area contributed by atoms with Gasteiger partial charge in [0.1, 0.15) is 0 Å². The maximum absolute atomic E-state index is 10.9. The molecule has 0 fully saturated rings. The Morgan fingerprint density at radius 1 is 1.31 bits per heavy atom. The van der Waals surface area contributed by atoms with Crippen molar-refractivity contribution in [1.29, 1.82) is 0 Å². The zero-order valence-corrected chi connectivity index (χ0v) is 12.9. The normalized spacial score (nSPS) is 13.5. The van der Waals surface area contributed by atoms with E-state index >= 15 is 0 Å². The van der Waals surface area contributed by atoms with Crippen molar-refractivity contribution in [2.24, 2.45) is 0 Å². The molecule has 0 aromatic rings. The number of hydrogen-bond donors (Lipinski definition) is 2. The van der Waals surface area contributed by atoms with E-state index in [0.29, 0.717) is 12.8 Å². The molecule has 0 saturated carbocycles. The second kappa shape index (κ2) is 8.90. The fourth-order valence-electron chi connectivity index (χ4n) is 1.24. The van der Waals surface area contributed by atoms with Gasteiger partial charge in [0.15, 0.2) is 0 Å². The SMILES string of the molecule is CCCCCC(CC)P(=O)(O)O.[H-].[H-].[Sr+2]. The van der Waals surface area contributed by atoms with Gasteiger partial charge in [0.05, 0.1) is 5.66 Å². The van der Waals surface area contributed by atoms with Crippen LogP contribution in [0.2, 0.25) is 0 Å². The summed E-state index contributed by atoms with van der Waals surface area (Å²) >= 11 is 0. The molecule has 13 heavy (non-hydrogen) atoms. The second-order valence-corrected chi connectivity index (χ2v) is 5.06. The van der Waals surface area contributed by atoms with Crippen LogP contribution in [0.25, 0.3) is 0 Å². The van der Waals surface area contributed by atoms with E-state index in [1.165, 1.54) is 0 Å². The van der Waals surface area contributed by atoms with Crippen molar-refractivity contribution in [1.82, 2.24) is 0 Å². The molecule has 5 heteroatoms. The number of rotatable bonds is 6. The van der Waals surface area contributed by atoms with Gasteiger partial charge >= 0.3 is 53.1 Å². The molecular formula is C8H21O3PSr. The molecule has 0 aromatic carbocycles. The molecule has 0 aromatic heterocycles. The molecule has 0 spiro atoms. The largest absolute Gasteiger partial charge is 2.00 e. The average molecular weight is 284 g/mol. The van der Waals surface area contributed by atoms with Crippen molar-refractivity contribution in [3.63, 3.8) is 0 Å². The van der Waals surface area contributed by atoms with Gasteiger partial charge in [-0.1, -0.05) is 33.1 Å². The summed E-state index contributed by atoms with van der Waals surface area (Å²) < 4.78 is 10.9. The van der Waals surface area contributed by atoms with Crippen LogP contribution in [0, 0.1) is 0 Å². The van der Waals surface area contributed by atoms with E-state index in [-0.39, 0.29) is 48.3 Å². The van der Waals surface area contributed by atoms with Gasteiger partial charge in [-0.25, -0.2) is 0 Å². The maximum Gasteiger partial charge on any atom is 2.00 e. The van der Waals surface area contributed by atoms with Gasteiger partial charge in [0.2, 0.25) is 0 Å². The van der Waals surface area contributed by atoms with E-state index in [9.17, 15) is 4.57 Å². The molecule has 78 valence electrons. The number of unbranched alkanes of at least 4 members (excludes halogenated alkanes) is 2. The smallest absolute Gasteiger partial charge is 1.00 e. The third-order valence-corrected chi connectivity index (χ3v) is 3.66. The van der Waals surface area contributed by atoms with E-state index in [2.05, 4.69) is 6.92 Å². The Hall–Kier alpha value is 1.63. The van der Waals surface area contributed by atoms with Crippen molar-refractivity contribution in [3.8, 4) is 0 Å². The van der Waals surface area contributed by atoms with Crippen LogP contribution in [0.5, 0.6) is 0 Å². The molecule has 1 atom stereocenters. The summed E-state index contributed by atoms with van der Waals surface area (Å²) in [4.78, 5) is 17.8. The predicted octanol–water partition coefficient (Wildman–Crippen LogP) is 2.37. The number of hydrogen-bond acceptors (Lipinski definition) is 1. The van der Waals surface area contributed by atoms with Crippen LogP contribution in [-0.4, -0.2) is 60.9 Å². The fourth-order valence-corrected chi connectivity index (χ4v) is 2.23. The average Bonchev–Trinajstić information content (AvgIpc) is 1.95. The van der Waals surface area contributed by atoms with Crippen LogP contribution in [-0.2, 0) is 4.57 Å². The predicted molar refractivity (Wildman–Crippen MR) is 58.2 cm³/mol. The van der Waals surface area contributed by atoms with Gasteiger partial charge in [0.25, 0.3) is 0 Å². The Balaban J connectivity index is -0.000000202. The van der Waals surface area contributed by atoms with Crippen molar-refractivity contribution >= 4 is 53.1 Å². The van der Waals surface area contributed by atoms with Gasteiger partial charge < -0.3 is 12.6 Å². The zero-order chi connectivity index (χ0) is 9.61. The minimum absolute atomic E-state index is 0. The maximum atomic E-state index is 10.9. The summed E-state index contributed by atoms with van der Waals surface area (Å²) in [5.41, 5.74) is -0.413. The summed E-state index contributed by atoms with van der Waals surface area (Å²) in [6.45, 7) is 3.91. The molecule has 0 radical (unpaired) electrons. The minimum Gasteiger partial charge on any atom is -1.00 e. The van der Waals surface area contributed by atoms with Crippen molar-refractivity contribution in [3.05, 3.63) is 0 Å². The Morgan fingerprint density at radius 3 is 2.15 bits per heavy atom. The molecule has 1 unspecified atom stereocenters. The molecule has 0 amide bonds. The summed E-state index contributed by atoms with van der Waals surface area (Å²) in [6.07, 6.45) is 4.33. The molecule has 0 bridgehead atoms.